The zero-order chi connectivity index (χ0) is 13.1. The van der Waals surface area contributed by atoms with E-state index < -0.39 is 5.82 Å². The van der Waals surface area contributed by atoms with Crippen LogP contribution in [0.25, 0.3) is 0 Å². The van der Waals surface area contributed by atoms with Gasteiger partial charge in [-0.15, -0.1) is 11.3 Å². The Morgan fingerprint density at radius 1 is 1.39 bits per heavy atom. The molecule has 0 fully saturated rings. The number of benzene rings is 1. The van der Waals surface area contributed by atoms with Crippen LogP contribution in [0.3, 0.4) is 0 Å². The van der Waals surface area contributed by atoms with E-state index in [1.807, 2.05) is 6.92 Å². The Balaban J connectivity index is 2.03. The predicted molar refractivity (Wildman–Crippen MR) is 70.3 cm³/mol. The van der Waals surface area contributed by atoms with Gasteiger partial charge in [-0.25, -0.2) is 4.39 Å². The third kappa shape index (κ3) is 3.09. The van der Waals surface area contributed by atoms with Crippen molar-refractivity contribution in [3.8, 4) is 5.75 Å². The molecule has 1 aromatic carbocycles. The minimum atomic E-state index is -0.474. The van der Waals surface area contributed by atoms with Crippen molar-refractivity contribution in [2.75, 3.05) is 6.61 Å². The van der Waals surface area contributed by atoms with Gasteiger partial charge in [0.05, 0.1) is 9.21 Å². The van der Waals surface area contributed by atoms with E-state index >= 15 is 0 Å². The van der Waals surface area contributed by atoms with E-state index in [0.717, 1.165) is 5.56 Å². The van der Waals surface area contributed by atoms with Crippen molar-refractivity contribution in [2.24, 2.45) is 0 Å². The standard InChI is InChI=1S/C13H10ClFO2S/c1-8-2-3-9(15)11(6-8)17-7-10(16)12-4-5-13(14)18-12/h2-6H,7H2,1H3. The quantitative estimate of drug-likeness (QED) is 0.790. The maximum atomic E-state index is 13.4. The van der Waals surface area contributed by atoms with E-state index in [1.54, 1.807) is 24.3 Å². The first-order valence-corrected chi connectivity index (χ1v) is 6.43. The summed E-state index contributed by atoms with van der Waals surface area (Å²) < 4.78 is 19.1. The molecule has 0 radical (unpaired) electrons. The van der Waals surface area contributed by atoms with E-state index in [9.17, 15) is 9.18 Å². The number of ketones is 1. The molecule has 0 amide bonds. The zero-order valence-corrected chi connectivity index (χ0v) is 11.1. The molecule has 18 heavy (non-hydrogen) atoms. The summed E-state index contributed by atoms with van der Waals surface area (Å²) in [6.07, 6.45) is 0. The highest BCUT2D eigenvalue weighted by molar-refractivity contribution is 7.18. The number of thiophene rings is 1. The first-order valence-electron chi connectivity index (χ1n) is 5.24. The summed E-state index contributed by atoms with van der Waals surface area (Å²) in [5.41, 5.74) is 0.873. The van der Waals surface area contributed by atoms with Crippen molar-refractivity contribution in [2.45, 2.75) is 6.92 Å². The number of Topliss-reactive ketones (excluding diaryl/α,β-unsaturated/α-hetero) is 1. The minimum Gasteiger partial charge on any atom is -0.482 e. The number of hydrogen-bond acceptors (Lipinski definition) is 3. The normalized spacial score (nSPS) is 10.4. The van der Waals surface area contributed by atoms with Crippen LogP contribution in [-0.4, -0.2) is 12.4 Å². The molecular weight excluding hydrogens is 275 g/mol. The number of hydrogen-bond donors (Lipinski definition) is 0. The first-order chi connectivity index (χ1) is 8.56. The van der Waals surface area contributed by atoms with Gasteiger partial charge in [-0.1, -0.05) is 17.7 Å². The fourth-order valence-corrected chi connectivity index (χ4v) is 2.37. The summed E-state index contributed by atoms with van der Waals surface area (Å²) in [5.74, 6) is -0.601. The lowest BCUT2D eigenvalue weighted by Crippen LogP contribution is -2.10. The van der Waals surface area contributed by atoms with Crippen molar-refractivity contribution in [3.63, 3.8) is 0 Å². The van der Waals surface area contributed by atoms with Crippen LogP contribution in [0, 0.1) is 12.7 Å². The van der Waals surface area contributed by atoms with E-state index in [-0.39, 0.29) is 18.1 Å². The Labute approximate surface area is 113 Å². The number of ether oxygens (including phenoxy) is 1. The Morgan fingerprint density at radius 3 is 2.83 bits per heavy atom. The topological polar surface area (TPSA) is 26.3 Å². The van der Waals surface area contributed by atoms with Gasteiger partial charge in [0, 0.05) is 0 Å². The first kappa shape index (κ1) is 13.1. The summed E-state index contributed by atoms with van der Waals surface area (Å²) in [6, 6.07) is 7.79. The molecular formula is C13H10ClFO2S. The summed E-state index contributed by atoms with van der Waals surface area (Å²) in [7, 11) is 0. The van der Waals surface area contributed by atoms with Gasteiger partial charge in [-0.3, -0.25) is 4.79 Å². The van der Waals surface area contributed by atoms with E-state index in [0.29, 0.717) is 9.21 Å². The Morgan fingerprint density at radius 2 is 2.17 bits per heavy atom. The summed E-state index contributed by atoms with van der Waals surface area (Å²) in [6.45, 7) is 1.63. The second kappa shape index (κ2) is 5.50. The van der Waals surface area contributed by atoms with Crippen LogP contribution < -0.4 is 4.74 Å². The number of rotatable bonds is 4. The molecule has 0 saturated carbocycles. The Bertz CT molecular complexity index is 580. The highest BCUT2D eigenvalue weighted by atomic mass is 35.5. The maximum absolute atomic E-state index is 13.4. The van der Waals surface area contributed by atoms with Gasteiger partial charge in [-0.05, 0) is 36.8 Å². The lowest BCUT2D eigenvalue weighted by molar-refractivity contribution is 0.0923. The van der Waals surface area contributed by atoms with Crippen LogP contribution in [0.4, 0.5) is 4.39 Å². The van der Waals surface area contributed by atoms with Crippen LogP contribution in [-0.2, 0) is 0 Å². The molecule has 0 unspecified atom stereocenters. The Kier molecular flexibility index (Phi) is 3.99. The molecule has 0 atom stereocenters. The SMILES string of the molecule is Cc1ccc(F)c(OCC(=O)c2ccc(Cl)s2)c1. The monoisotopic (exact) mass is 284 g/mol. The van der Waals surface area contributed by atoms with Gasteiger partial charge >= 0.3 is 0 Å². The lowest BCUT2D eigenvalue weighted by atomic mass is 10.2. The van der Waals surface area contributed by atoms with Crippen molar-refractivity contribution in [1.82, 2.24) is 0 Å². The average molecular weight is 285 g/mol. The summed E-state index contributed by atoms with van der Waals surface area (Å²) in [5, 5.41) is 0. The molecule has 0 aliphatic rings. The van der Waals surface area contributed by atoms with Gasteiger partial charge in [-0.2, -0.15) is 0 Å². The fraction of sp³-hybridized carbons (Fsp3) is 0.154. The second-order valence-corrected chi connectivity index (χ2v) is 5.46. The van der Waals surface area contributed by atoms with Gasteiger partial charge in [0.2, 0.25) is 5.78 Å². The van der Waals surface area contributed by atoms with Crippen molar-refractivity contribution in [3.05, 3.63) is 50.9 Å². The van der Waals surface area contributed by atoms with Crippen molar-refractivity contribution >= 4 is 28.7 Å². The number of halogens is 2. The van der Waals surface area contributed by atoms with Gasteiger partial charge in [0.15, 0.2) is 18.2 Å². The molecule has 0 N–H and O–H groups in total. The smallest absolute Gasteiger partial charge is 0.210 e. The van der Waals surface area contributed by atoms with E-state index in [4.69, 9.17) is 16.3 Å². The van der Waals surface area contributed by atoms with E-state index in [1.165, 1.54) is 17.4 Å². The fourth-order valence-electron chi connectivity index (χ4n) is 1.40. The van der Waals surface area contributed by atoms with Crippen LogP contribution in [0.15, 0.2) is 30.3 Å². The highest BCUT2D eigenvalue weighted by Gasteiger charge is 2.11. The third-order valence-electron chi connectivity index (χ3n) is 2.29. The molecule has 5 heteroatoms. The molecule has 0 aliphatic heterocycles. The highest BCUT2D eigenvalue weighted by Crippen LogP contribution is 2.23. The number of carbonyl (C=O) groups excluding carboxylic acids is 1. The second-order valence-electron chi connectivity index (χ2n) is 3.75. The van der Waals surface area contributed by atoms with Crippen molar-refractivity contribution < 1.29 is 13.9 Å². The largest absolute Gasteiger partial charge is 0.482 e. The maximum Gasteiger partial charge on any atom is 0.210 e. The van der Waals surface area contributed by atoms with Crippen LogP contribution in [0.2, 0.25) is 4.34 Å². The molecule has 0 saturated heterocycles. The molecule has 2 nitrogen and oxygen atoms in total. The number of carbonyl (C=O) groups is 1. The molecule has 1 heterocycles. The zero-order valence-electron chi connectivity index (χ0n) is 9.57. The minimum absolute atomic E-state index is 0.0889. The van der Waals surface area contributed by atoms with Gasteiger partial charge in [0.1, 0.15) is 0 Å². The Hall–Kier alpha value is -1.39. The molecule has 0 bridgehead atoms. The summed E-state index contributed by atoms with van der Waals surface area (Å²) >= 11 is 6.91. The van der Waals surface area contributed by atoms with Gasteiger partial charge in [0.25, 0.3) is 0 Å². The van der Waals surface area contributed by atoms with E-state index in [2.05, 4.69) is 0 Å². The van der Waals surface area contributed by atoms with Crippen LogP contribution >= 0.6 is 22.9 Å². The molecule has 1 aromatic heterocycles. The van der Waals surface area contributed by atoms with Crippen LogP contribution in [0.5, 0.6) is 5.75 Å². The summed E-state index contributed by atoms with van der Waals surface area (Å²) in [4.78, 5) is 12.2. The third-order valence-corrected chi connectivity index (χ3v) is 3.57. The molecule has 94 valence electrons. The molecule has 0 spiro atoms. The lowest BCUT2D eigenvalue weighted by Gasteiger charge is -2.06. The van der Waals surface area contributed by atoms with Crippen LogP contribution in [0.1, 0.15) is 15.2 Å². The molecule has 2 aromatic rings. The predicted octanol–water partition coefficient (Wildman–Crippen LogP) is 4.11. The number of aryl methyl sites for hydroxylation is 1. The molecule has 2 rings (SSSR count). The van der Waals surface area contributed by atoms with Gasteiger partial charge < -0.3 is 4.74 Å². The average Bonchev–Trinajstić information content (AvgIpc) is 2.77. The molecule has 0 aliphatic carbocycles. The van der Waals surface area contributed by atoms with Crippen molar-refractivity contribution in [1.29, 1.82) is 0 Å².